The van der Waals surface area contributed by atoms with E-state index in [1.54, 1.807) is 42.6 Å². The van der Waals surface area contributed by atoms with Crippen molar-refractivity contribution >= 4 is 15.7 Å². The quantitative estimate of drug-likeness (QED) is 0.521. The highest BCUT2D eigenvalue weighted by Gasteiger charge is 2.37. The molecule has 0 radical (unpaired) electrons. The molecule has 1 aromatic heterocycles. The van der Waals surface area contributed by atoms with Crippen LogP contribution < -0.4 is 9.47 Å². The molecule has 35 heavy (non-hydrogen) atoms. The number of fused-ring (bicyclic) bond motifs is 1. The maximum absolute atomic E-state index is 13.6. The van der Waals surface area contributed by atoms with Crippen LogP contribution in [-0.2, 0) is 27.6 Å². The van der Waals surface area contributed by atoms with Crippen LogP contribution >= 0.6 is 0 Å². The van der Waals surface area contributed by atoms with Crippen LogP contribution in [-0.4, -0.2) is 49.2 Å². The van der Waals surface area contributed by atoms with Gasteiger partial charge in [-0.05, 0) is 58.7 Å². The molecule has 2 aliphatic heterocycles. The summed E-state index contributed by atoms with van der Waals surface area (Å²) in [5.41, 5.74) is 3.38. The van der Waals surface area contributed by atoms with Crippen molar-refractivity contribution in [3.05, 3.63) is 89.2 Å². The van der Waals surface area contributed by atoms with Gasteiger partial charge in [-0.15, -0.1) is 0 Å². The van der Waals surface area contributed by atoms with E-state index >= 15 is 0 Å². The smallest absolute Gasteiger partial charge is 0.264 e. The predicted octanol–water partition coefficient (Wildman–Crippen LogP) is 3.54. The normalized spacial score (nSPS) is 19.7. The molecule has 7 nitrogen and oxygen atoms in total. The first kappa shape index (κ1) is 23.0. The number of sulfone groups is 1. The summed E-state index contributed by atoms with van der Waals surface area (Å²) in [6, 6.07) is 14.7. The molecular formula is C26H23FN2O5S. The lowest BCUT2D eigenvalue weighted by Crippen LogP contribution is -2.47. The zero-order valence-electron chi connectivity index (χ0n) is 18.9. The van der Waals surface area contributed by atoms with E-state index in [0.29, 0.717) is 18.1 Å². The molecule has 2 atom stereocenters. The van der Waals surface area contributed by atoms with Gasteiger partial charge in [0.1, 0.15) is 11.6 Å². The summed E-state index contributed by atoms with van der Waals surface area (Å²) in [7, 11) is -1.87. The standard InChI is InChI=1S/C26H23FN2O5S/c1-33-25-12-17(8-10-28-25)15-29(22-9-11-35(31,32)16-22)26(30)24-14-20-13-19(4-7-23(20)34-24)18-2-5-21(27)6-3-18/h2-13,22,24H,14-16H2,1H3/t22?,24-/m1/s1. The maximum atomic E-state index is 13.6. The molecule has 3 aromatic rings. The first-order valence-corrected chi connectivity index (χ1v) is 12.8. The van der Waals surface area contributed by atoms with Gasteiger partial charge in [0, 0.05) is 30.6 Å². The number of ether oxygens (including phenoxy) is 2. The second-order valence-corrected chi connectivity index (χ2v) is 10.5. The lowest BCUT2D eigenvalue weighted by Gasteiger charge is -2.29. The molecule has 1 amide bonds. The Morgan fingerprint density at radius 1 is 1.14 bits per heavy atom. The van der Waals surface area contributed by atoms with Crippen molar-refractivity contribution in [2.75, 3.05) is 12.9 Å². The predicted molar refractivity (Wildman–Crippen MR) is 128 cm³/mol. The highest BCUT2D eigenvalue weighted by atomic mass is 32.2. The van der Waals surface area contributed by atoms with Crippen molar-refractivity contribution in [1.29, 1.82) is 0 Å². The number of amides is 1. The van der Waals surface area contributed by atoms with Gasteiger partial charge in [-0.25, -0.2) is 17.8 Å². The average Bonchev–Trinajstić information content (AvgIpc) is 3.45. The van der Waals surface area contributed by atoms with E-state index in [1.807, 2.05) is 12.1 Å². The van der Waals surface area contributed by atoms with Crippen LogP contribution in [0.1, 0.15) is 11.1 Å². The van der Waals surface area contributed by atoms with Gasteiger partial charge in [0.2, 0.25) is 5.88 Å². The van der Waals surface area contributed by atoms with Gasteiger partial charge < -0.3 is 14.4 Å². The molecule has 1 unspecified atom stereocenters. The zero-order chi connectivity index (χ0) is 24.6. The summed E-state index contributed by atoms with van der Waals surface area (Å²) in [6.07, 6.45) is 2.69. The Hall–Kier alpha value is -3.72. The van der Waals surface area contributed by atoms with Gasteiger partial charge in [-0.1, -0.05) is 18.2 Å². The van der Waals surface area contributed by atoms with Gasteiger partial charge >= 0.3 is 0 Å². The number of rotatable bonds is 6. The summed E-state index contributed by atoms with van der Waals surface area (Å²) in [6.45, 7) is 0.180. The van der Waals surface area contributed by atoms with Gasteiger partial charge in [-0.3, -0.25) is 4.79 Å². The van der Waals surface area contributed by atoms with Gasteiger partial charge in [0.15, 0.2) is 15.9 Å². The van der Waals surface area contributed by atoms with E-state index in [9.17, 15) is 17.6 Å². The first-order valence-electron chi connectivity index (χ1n) is 11.1. The second kappa shape index (κ2) is 9.14. The number of methoxy groups -OCH3 is 1. The molecule has 2 aliphatic rings. The van der Waals surface area contributed by atoms with E-state index in [-0.39, 0.29) is 24.0 Å². The van der Waals surface area contributed by atoms with Crippen LogP contribution in [0.4, 0.5) is 4.39 Å². The number of halogens is 1. The third kappa shape index (κ3) is 4.90. The number of carbonyl (C=O) groups excluding carboxylic acids is 1. The minimum Gasteiger partial charge on any atom is -0.481 e. The monoisotopic (exact) mass is 494 g/mol. The molecular weight excluding hydrogens is 471 g/mol. The minimum absolute atomic E-state index is 0.171. The van der Waals surface area contributed by atoms with Crippen molar-refractivity contribution in [2.45, 2.75) is 25.1 Å². The summed E-state index contributed by atoms with van der Waals surface area (Å²) < 4.78 is 48.7. The molecule has 0 bridgehead atoms. The van der Waals surface area contributed by atoms with Crippen LogP contribution in [0.3, 0.4) is 0 Å². The number of carbonyl (C=O) groups is 1. The molecule has 0 N–H and O–H groups in total. The molecule has 3 heterocycles. The molecule has 0 saturated carbocycles. The number of nitrogens with zero attached hydrogens (tertiary/aromatic N) is 2. The molecule has 0 aliphatic carbocycles. The average molecular weight is 495 g/mol. The molecule has 2 aromatic carbocycles. The van der Waals surface area contributed by atoms with Crippen LogP contribution in [0.2, 0.25) is 0 Å². The fourth-order valence-corrected chi connectivity index (χ4v) is 5.66. The zero-order valence-corrected chi connectivity index (χ0v) is 19.7. The fourth-order valence-electron chi connectivity index (χ4n) is 4.36. The van der Waals surface area contributed by atoms with Gasteiger partial charge in [-0.2, -0.15) is 0 Å². The molecule has 0 spiro atoms. The second-order valence-electron chi connectivity index (χ2n) is 8.54. The summed E-state index contributed by atoms with van der Waals surface area (Å²) in [4.78, 5) is 19.3. The maximum Gasteiger partial charge on any atom is 0.264 e. The van der Waals surface area contributed by atoms with Crippen molar-refractivity contribution in [3.8, 4) is 22.8 Å². The van der Waals surface area contributed by atoms with Crippen molar-refractivity contribution in [2.24, 2.45) is 0 Å². The summed E-state index contributed by atoms with van der Waals surface area (Å²) >= 11 is 0. The van der Waals surface area contributed by atoms with E-state index < -0.39 is 22.0 Å². The largest absolute Gasteiger partial charge is 0.481 e. The Labute approximate surface area is 202 Å². The number of hydrogen-bond acceptors (Lipinski definition) is 6. The van der Waals surface area contributed by atoms with Crippen molar-refractivity contribution < 1.29 is 27.1 Å². The first-order chi connectivity index (χ1) is 16.8. The number of aromatic nitrogens is 1. The molecule has 0 saturated heterocycles. The number of benzene rings is 2. The fraction of sp³-hybridized carbons (Fsp3) is 0.231. The lowest BCUT2D eigenvalue weighted by atomic mass is 10.0. The van der Waals surface area contributed by atoms with E-state index in [4.69, 9.17) is 9.47 Å². The van der Waals surface area contributed by atoms with E-state index in [2.05, 4.69) is 4.98 Å². The van der Waals surface area contributed by atoms with Gasteiger partial charge in [0.05, 0.1) is 18.9 Å². The molecule has 0 fully saturated rings. The topological polar surface area (TPSA) is 85.8 Å². The summed E-state index contributed by atoms with van der Waals surface area (Å²) in [5.74, 6) is 0.234. The SMILES string of the molecule is COc1cc(CN(C(=O)[C@H]2Cc3cc(-c4ccc(F)cc4)ccc3O2)C2C=CS(=O)(=O)C2)ccn1. The Morgan fingerprint density at radius 3 is 2.63 bits per heavy atom. The Kier molecular flexibility index (Phi) is 6.02. The lowest BCUT2D eigenvalue weighted by molar-refractivity contribution is -0.139. The summed E-state index contributed by atoms with van der Waals surface area (Å²) in [5, 5.41) is 1.16. The Balaban J connectivity index is 1.39. The van der Waals surface area contributed by atoms with Crippen molar-refractivity contribution in [3.63, 3.8) is 0 Å². The molecule has 9 heteroatoms. The van der Waals surface area contributed by atoms with E-state index in [0.717, 1.165) is 27.7 Å². The van der Waals surface area contributed by atoms with Gasteiger partial charge in [0.25, 0.3) is 5.91 Å². The van der Waals surface area contributed by atoms with Crippen molar-refractivity contribution in [1.82, 2.24) is 9.88 Å². The van der Waals surface area contributed by atoms with Crippen LogP contribution in [0.25, 0.3) is 11.1 Å². The molecule has 180 valence electrons. The minimum atomic E-state index is -3.37. The Morgan fingerprint density at radius 2 is 1.91 bits per heavy atom. The highest BCUT2D eigenvalue weighted by Crippen LogP contribution is 2.34. The number of hydrogen-bond donors (Lipinski definition) is 0. The van der Waals surface area contributed by atoms with Crippen LogP contribution in [0.5, 0.6) is 11.6 Å². The number of pyridine rings is 1. The highest BCUT2D eigenvalue weighted by molar-refractivity contribution is 7.94. The van der Waals surface area contributed by atoms with Crippen LogP contribution in [0.15, 0.2) is 72.3 Å². The third-order valence-corrected chi connectivity index (χ3v) is 7.52. The van der Waals surface area contributed by atoms with E-state index in [1.165, 1.54) is 24.1 Å². The third-order valence-electron chi connectivity index (χ3n) is 6.14. The van der Waals surface area contributed by atoms with Crippen LogP contribution in [0, 0.1) is 5.82 Å². The Bertz CT molecular complexity index is 1410. The molecule has 5 rings (SSSR count).